The maximum atomic E-state index is 10.0. The lowest BCUT2D eigenvalue weighted by Gasteiger charge is -2.27. The predicted octanol–water partition coefficient (Wildman–Crippen LogP) is 11.4. The van der Waals surface area contributed by atoms with Crippen LogP contribution >= 0.6 is 12.4 Å². The SMILES string of the molecule is CCCCCCCCCCCCCCCCC(CCCCCCCCCCCCCCCC)C(N)(O)O.Cl. The van der Waals surface area contributed by atoms with Crippen molar-refractivity contribution in [2.75, 3.05) is 0 Å². The van der Waals surface area contributed by atoms with Crippen LogP contribution in [-0.2, 0) is 0 Å². The molecule has 0 unspecified atom stereocenters. The summed E-state index contributed by atoms with van der Waals surface area (Å²) in [6.07, 6.45) is 39.5. The van der Waals surface area contributed by atoms with Crippen LogP contribution in [0.5, 0.6) is 0 Å². The smallest absolute Gasteiger partial charge is 0.222 e. The van der Waals surface area contributed by atoms with E-state index in [1.165, 1.54) is 167 Å². The minimum absolute atomic E-state index is 0. The maximum Gasteiger partial charge on any atom is 0.222 e. The van der Waals surface area contributed by atoms with Crippen LogP contribution in [0.4, 0.5) is 0 Å². The molecule has 0 amide bonds. The molecule has 0 radical (unpaired) electrons. The Labute approximate surface area is 246 Å². The van der Waals surface area contributed by atoms with Gasteiger partial charge in [-0.3, -0.25) is 5.73 Å². The van der Waals surface area contributed by atoms with Gasteiger partial charge in [0.25, 0.3) is 0 Å². The van der Waals surface area contributed by atoms with E-state index >= 15 is 0 Å². The van der Waals surface area contributed by atoms with Crippen molar-refractivity contribution in [2.24, 2.45) is 11.7 Å². The second kappa shape index (κ2) is 31.7. The molecule has 0 bridgehead atoms. The monoisotopic (exact) mass is 562 g/mol. The van der Waals surface area contributed by atoms with Crippen LogP contribution in [0, 0.1) is 5.92 Å². The first-order valence-electron chi connectivity index (χ1n) is 17.3. The summed E-state index contributed by atoms with van der Waals surface area (Å²) in [5, 5.41) is 20.0. The molecule has 0 aromatic heterocycles. The van der Waals surface area contributed by atoms with E-state index in [9.17, 15) is 10.2 Å². The van der Waals surface area contributed by atoms with Crippen molar-refractivity contribution in [3.63, 3.8) is 0 Å². The lowest BCUT2D eigenvalue weighted by molar-refractivity contribution is -0.199. The van der Waals surface area contributed by atoms with Gasteiger partial charge in [0.05, 0.1) is 0 Å². The van der Waals surface area contributed by atoms with E-state index in [0.29, 0.717) is 0 Å². The van der Waals surface area contributed by atoms with Crippen LogP contribution in [-0.4, -0.2) is 16.1 Å². The molecule has 0 atom stereocenters. The Morgan fingerprint density at radius 3 is 0.763 bits per heavy atom. The molecule has 0 aromatic rings. The van der Waals surface area contributed by atoms with Gasteiger partial charge in [-0.05, 0) is 12.8 Å². The Hall–Kier alpha value is 0.170. The Morgan fingerprint density at radius 2 is 0.579 bits per heavy atom. The number of hydrogen-bond donors (Lipinski definition) is 3. The van der Waals surface area contributed by atoms with Crippen LogP contribution in [0.2, 0.25) is 0 Å². The average molecular weight is 562 g/mol. The Morgan fingerprint density at radius 1 is 0.395 bits per heavy atom. The van der Waals surface area contributed by atoms with Crippen LogP contribution in [0.25, 0.3) is 0 Å². The number of halogens is 1. The van der Waals surface area contributed by atoms with Gasteiger partial charge in [0.2, 0.25) is 5.91 Å². The highest BCUT2D eigenvalue weighted by atomic mass is 35.5. The van der Waals surface area contributed by atoms with Gasteiger partial charge in [-0.15, -0.1) is 12.4 Å². The number of aliphatic hydroxyl groups is 2. The van der Waals surface area contributed by atoms with Crippen molar-refractivity contribution in [1.82, 2.24) is 0 Å². The third-order valence-corrected chi connectivity index (χ3v) is 8.41. The topological polar surface area (TPSA) is 66.5 Å². The molecule has 0 rings (SSSR count). The highest BCUT2D eigenvalue weighted by molar-refractivity contribution is 5.85. The molecule has 0 heterocycles. The van der Waals surface area contributed by atoms with Crippen molar-refractivity contribution >= 4 is 12.4 Å². The minimum atomic E-state index is -2.01. The molecule has 0 aliphatic heterocycles. The average Bonchev–Trinajstić information content (AvgIpc) is 2.87. The molecule has 38 heavy (non-hydrogen) atoms. The molecule has 0 aliphatic carbocycles. The third-order valence-electron chi connectivity index (χ3n) is 8.41. The highest BCUT2D eigenvalue weighted by Crippen LogP contribution is 2.25. The summed E-state index contributed by atoms with van der Waals surface area (Å²) in [4.78, 5) is 0. The largest absolute Gasteiger partial charge is 0.353 e. The van der Waals surface area contributed by atoms with Crippen LogP contribution < -0.4 is 5.73 Å². The van der Waals surface area contributed by atoms with E-state index in [-0.39, 0.29) is 18.3 Å². The van der Waals surface area contributed by atoms with E-state index in [2.05, 4.69) is 13.8 Å². The first kappa shape index (κ1) is 40.3. The Balaban J connectivity index is 0. The fourth-order valence-electron chi connectivity index (χ4n) is 5.74. The second-order valence-electron chi connectivity index (χ2n) is 12.2. The predicted molar refractivity (Wildman–Crippen MR) is 172 cm³/mol. The molecule has 0 fully saturated rings. The van der Waals surface area contributed by atoms with Gasteiger partial charge in [-0.1, -0.05) is 194 Å². The zero-order valence-electron chi connectivity index (χ0n) is 26.2. The fourth-order valence-corrected chi connectivity index (χ4v) is 5.74. The van der Waals surface area contributed by atoms with Gasteiger partial charge in [-0.2, -0.15) is 0 Å². The zero-order valence-corrected chi connectivity index (χ0v) is 27.0. The van der Waals surface area contributed by atoms with Crippen molar-refractivity contribution < 1.29 is 10.2 Å². The summed E-state index contributed by atoms with van der Waals surface area (Å²) in [5.74, 6) is -2.19. The van der Waals surface area contributed by atoms with Gasteiger partial charge in [0.1, 0.15) is 0 Å². The molecular formula is C34H72ClNO2. The van der Waals surface area contributed by atoms with Gasteiger partial charge in [-0.25, -0.2) is 0 Å². The molecule has 0 spiro atoms. The number of unbranched alkanes of at least 4 members (excludes halogenated alkanes) is 26. The van der Waals surface area contributed by atoms with E-state index in [1.54, 1.807) is 0 Å². The molecular weight excluding hydrogens is 490 g/mol. The second-order valence-corrected chi connectivity index (χ2v) is 12.2. The molecule has 0 aliphatic rings. The van der Waals surface area contributed by atoms with Gasteiger partial charge in [0, 0.05) is 5.92 Å². The Bertz CT molecular complexity index is 395. The van der Waals surface area contributed by atoms with Gasteiger partial charge < -0.3 is 10.2 Å². The van der Waals surface area contributed by atoms with Crippen molar-refractivity contribution in [1.29, 1.82) is 0 Å². The number of rotatable bonds is 31. The number of hydrogen-bond acceptors (Lipinski definition) is 3. The van der Waals surface area contributed by atoms with Crippen LogP contribution in [0.3, 0.4) is 0 Å². The van der Waals surface area contributed by atoms with Gasteiger partial charge in [0.15, 0.2) is 0 Å². The van der Waals surface area contributed by atoms with E-state index < -0.39 is 5.91 Å². The summed E-state index contributed by atoms with van der Waals surface area (Å²) >= 11 is 0. The fraction of sp³-hybridized carbons (Fsp3) is 1.00. The maximum absolute atomic E-state index is 10.0. The van der Waals surface area contributed by atoms with Crippen LogP contribution in [0.15, 0.2) is 0 Å². The van der Waals surface area contributed by atoms with E-state index in [4.69, 9.17) is 5.73 Å². The summed E-state index contributed by atoms with van der Waals surface area (Å²) in [7, 11) is 0. The van der Waals surface area contributed by atoms with Crippen molar-refractivity contribution in [2.45, 2.75) is 212 Å². The highest BCUT2D eigenvalue weighted by Gasteiger charge is 2.28. The van der Waals surface area contributed by atoms with Crippen molar-refractivity contribution in [3.05, 3.63) is 0 Å². The standard InChI is InChI=1S/C34H71NO2.ClH/c1-3-5-7-9-11-13-15-17-19-21-23-25-27-29-31-33(34(35,36)37)32-30-28-26-24-22-20-18-16-14-12-10-8-6-4-2;/h33,36-37H,3-32,35H2,1-2H3;1H. The zero-order chi connectivity index (χ0) is 27.3. The lowest BCUT2D eigenvalue weighted by atomic mass is 9.91. The molecule has 3 nitrogen and oxygen atoms in total. The number of nitrogens with two attached hydrogens (primary N) is 1. The normalized spacial score (nSPS) is 11.8. The first-order valence-corrected chi connectivity index (χ1v) is 17.3. The summed E-state index contributed by atoms with van der Waals surface area (Å²) in [6.45, 7) is 4.56. The molecule has 0 saturated heterocycles. The quantitative estimate of drug-likeness (QED) is 0.0582. The molecule has 0 saturated carbocycles. The third kappa shape index (κ3) is 30.7. The molecule has 232 valence electrons. The summed E-state index contributed by atoms with van der Waals surface area (Å²) in [5.41, 5.74) is 5.70. The minimum Gasteiger partial charge on any atom is -0.353 e. The Kier molecular flexibility index (Phi) is 33.6. The lowest BCUT2D eigenvalue weighted by Crippen LogP contribution is -2.47. The van der Waals surface area contributed by atoms with E-state index in [0.717, 1.165) is 25.7 Å². The van der Waals surface area contributed by atoms with Crippen LogP contribution in [0.1, 0.15) is 206 Å². The van der Waals surface area contributed by atoms with E-state index in [1.807, 2.05) is 0 Å². The summed E-state index contributed by atoms with van der Waals surface area (Å²) < 4.78 is 0. The van der Waals surface area contributed by atoms with Gasteiger partial charge >= 0.3 is 0 Å². The summed E-state index contributed by atoms with van der Waals surface area (Å²) in [6, 6.07) is 0. The molecule has 4 N–H and O–H groups in total. The molecule has 0 aromatic carbocycles. The van der Waals surface area contributed by atoms with Crippen molar-refractivity contribution in [3.8, 4) is 0 Å². The first-order chi connectivity index (χ1) is 18.0. The molecule has 4 heteroatoms.